The minimum Gasteiger partial charge on any atom is -0.492 e. The van der Waals surface area contributed by atoms with E-state index in [1.165, 1.54) is 0 Å². The molecule has 2 aromatic rings. The molecule has 1 unspecified atom stereocenters. The molecule has 2 N–H and O–H groups in total. The van der Waals surface area contributed by atoms with Gasteiger partial charge in [0.2, 0.25) is 11.2 Å². The van der Waals surface area contributed by atoms with Crippen molar-refractivity contribution in [1.82, 2.24) is 15.0 Å². The number of halogens is 1. The molecule has 1 aromatic carbocycles. The highest BCUT2D eigenvalue weighted by Crippen LogP contribution is 2.36. The van der Waals surface area contributed by atoms with Crippen LogP contribution in [0.5, 0.6) is 5.75 Å². The Hall–Kier alpha value is -1.88. The Bertz CT molecular complexity index is 555. The first kappa shape index (κ1) is 10.3. The molecule has 0 aliphatic carbocycles. The van der Waals surface area contributed by atoms with Gasteiger partial charge in [0.25, 0.3) is 0 Å². The molecular formula is C11H9ClN4O. The lowest BCUT2D eigenvalue weighted by atomic mass is 10.0. The third kappa shape index (κ3) is 1.78. The van der Waals surface area contributed by atoms with Gasteiger partial charge in [-0.3, -0.25) is 0 Å². The number of ether oxygens (including phenoxy) is 1. The summed E-state index contributed by atoms with van der Waals surface area (Å²) in [6.07, 6.45) is 0. The molecule has 86 valence electrons. The maximum absolute atomic E-state index is 5.77. The summed E-state index contributed by atoms with van der Waals surface area (Å²) >= 11 is 5.77. The van der Waals surface area contributed by atoms with Crippen LogP contribution < -0.4 is 10.5 Å². The normalized spacial score (nSPS) is 17.6. The third-order valence-electron chi connectivity index (χ3n) is 2.65. The summed E-state index contributed by atoms with van der Waals surface area (Å²) in [5.41, 5.74) is 6.61. The summed E-state index contributed by atoms with van der Waals surface area (Å²) in [5.74, 6) is 1.50. The molecule has 17 heavy (non-hydrogen) atoms. The molecule has 2 heterocycles. The second-order valence-electron chi connectivity index (χ2n) is 3.72. The van der Waals surface area contributed by atoms with Crippen LogP contribution in [0.3, 0.4) is 0 Å². The van der Waals surface area contributed by atoms with Gasteiger partial charge in [0.15, 0.2) is 0 Å². The Labute approximate surface area is 103 Å². The first-order valence-corrected chi connectivity index (χ1v) is 5.50. The number of benzene rings is 1. The van der Waals surface area contributed by atoms with Gasteiger partial charge >= 0.3 is 0 Å². The molecule has 3 rings (SSSR count). The molecular weight excluding hydrogens is 240 g/mol. The lowest BCUT2D eigenvalue weighted by Crippen LogP contribution is -2.10. The van der Waals surface area contributed by atoms with Crippen LogP contribution in [-0.2, 0) is 0 Å². The van der Waals surface area contributed by atoms with Crippen molar-refractivity contribution in [3.05, 3.63) is 40.9 Å². The van der Waals surface area contributed by atoms with Gasteiger partial charge in [-0.1, -0.05) is 18.2 Å². The molecule has 1 aliphatic heterocycles. The number of hydrogen-bond donors (Lipinski definition) is 1. The lowest BCUT2D eigenvalue weighted by molar-refractivity contribution is 0.339. The number of nitrogens with zero attached hydrogens (tertiary/aromatic N) is 3. The minimum absolute atomic E-state index is 0.0333. The highest BCUT2D eigenvalue weighted by molar-refractivity contribution is 6.28. The summed E-state index contributed by atoms with van der Waals surface area (Å²) in [5, 5.41) is 0.108. The summed E-state index contributed by atoms with van der Waals surface area (Å²) < 4.78 is 5.56. The first-order valence-electron chi connectivity index (χ1n) is 5.13. The molecule has 0 spiro atoms. The smallest absolute Gasteiger partial charge is 0.227 e. The van der Waals surface area contributed by atoms with Crippen LogP contribution in [0.1, 0.15) is 17.3 Å². The Balaban J connectivity index is 2.06. The number of hydrogen-bond acceptors (Lipinski definition) is 5. The van der Waals surface area contributed by atoms with E-state index in [9.17, 15) is 0 Å². The van der Waals surface area contributed by atoms with E-state index in [1.807, 2.05) is 24.3 Å². The van der Waals surface area contributed by atoms with Crippen LogP contribution in [0.15, 0.2) is 24.3 Å². The molecule has 0 bridgehead atoms. The van der Waals surface area contributed by atoms with E-state index < -0.39 is 0 Å². The molecule has 5 nitrogen and oxygen atoms in total. The molecule has 0 amide bonds. The molecule has 0 saturated heterocycles. The Kier molecular flexibility index (Phi) is 2.33. The van der Waals surface area contributed by atoms with Crippen molar-refractivity contribution in [3.8, 4) is 5.75 Å². The highest BCUT2D eigenvalue weighted by Gasteiger charge is 2.28. The average molecular weight is 249 g/mol. The molecule has 0 saturated carbocycles. The molecule has 1 aromatic heterocycles. The van der Waals surface area contributed by atoms with E-state index in [0.717, 1.165) is 11.3 Å². The van der Waals surface area contributed by atoms with E-state index in [-0.39, 0.29) is 17.1 Å². The van der Waals surface area contributed by atoms with Crippen LogP contribution in [0, 0.1) is 0 Å². The van der Waals surface area contributed by atoms with Gasteiger partial charge in [0, 0.05) is 5.56 Å². The van der Waals surface area contributed by atoms with Crippen LogP contribution in [0.2, 0.25) is 5.28 Å². The van der Waals surface area contributed by atoms with Gasteiger partial charge in [-0.05, 0) is 17.7 Å². The van der Waals surface area contributed by atoms with Crippen molar-refractivity contribution in [3.63, 3.8) is 0 Å². The maximum Gasteiger partial charge on any atom is 0.227 e. The van der Waals surface area contributed by atoms with E-state index in [2.05, 4.69) is 15.0 Å². The Morgan fingerprint density at radius 1 is 1.24 bits per heavy atom. The minimum atomic E-state index is -0.0333. The van der Waals surface area contributed by atoms with Crippen LogP contribution >= 0.6 is 11.6 Å². The molecule has 6 heteroatoms. The number of para-hydroxylation sites is 1. The highest BCUT2D eigenvalue weighted by atomic mass is 35.5. The van der Waals surface area contributed by atoms with Crippen LogP contribution in [0.25, 0.3) is 0 Å². The number of rotatable bonds is 1. The van der Waals surface area contributed by atoms with Gasteiger partial charge in [0.1, 0.15) is 18.2 Å². The fourth-order valence-corrected chi connectivity index (χ4v) is 2.09. The van der Waals surface area contributed by atoms with Gasteiger partial charge in [-0.25, -0.2) is 4.98 Å². The largest absolute Gasteiger partial charge is 0.492 e. The molecule has 1 aliphatic rings. The van der Waals surface area contributed by atoms with Crippen molar-refractivity contribution in [2.45, 2.75) is 5.92 Å². The second-order valence-corrected chi connectivity index (χ2v) is 4.06. The van der Waals surface area contributed by atoms with Crippen molar-refractivity contribution in [2.24, 2.45) is 0 Å². The van der Waals surface area contributed by atoms with Gasteiger partial charge in [-0.15, -0.1) is 0 Å². The van der Waals surface area contributed by atoms with E-state index in [1.54, 1.807) is 0 Å². The number of nitrogens with two attached hydrogens (primary N) is 1. The van der Waals surface area contributed by atoms with Crippen molar-refractivity contribution < 1.29 is 4.74 Å². The zero-order valence-electron chi connectivity index (χ0n) is 8.80. The molecule has 0 fully saturated rings. The third-order valence-corrected chi connectivity index (χ3v) is 2.82. The maximum atomic E-state index is 5.77. The summed E-state index contributed by atoms with van der Waals surface area (Å²) in [7, 11) is 0. The van der Waals surface area contributed by atoms with Crippen molar-refractivity contribution in [2.75, 3.05) is 12.3 Å². The average Bonchev–Trinajstić information content (AvgIpc) is 2.71. The summed E-state index contributed by atoms with van der Waals surface area (Å²) in [4.78, 5) is 11.9. The Morgan fingerprint density at radius 2 is 2.06 bits per heavy atom. The van der Waals surface area contributed by atoms with Gasteiger partial charge < -0.3 is 10.5 Å². The van der Waals surface area contributed by atoms with E-state index in [4.69, 9.17) is 22.1 Å². The SMILES string of the molecule is Nc1nc(Cl)nc(C2COc3ccccc32)n1. The molecule has 0 radical (unpaired) electrons. The fraction of sp³-hybridized carbons (Fsp3) is 0.182. The predicted octanol–water partition coefficient (Wildman–Crippen LogP) is 1.63. The second kappa shape index (κ2) is 3.85. The topological polar surface area (TPSA) is 73.9 Å². The number of anilines is 1. The standard InChI is InChI=1S/C11H9ClN4O/c12-10-14-9(15-11(13)16-10)7-5-17-8-4-2-1-3-6(7)8/h1-4,7H,5H2,(H2,13,14,15,16). The van der Waals surface area contributed by atoms with E-state index >= 15 is 0 Å². The van der Waals surface area contributed by atoms with Crippen molar-refractivity contribution in [1.29, 1.82) is 0 Å². The zero-order chi connectivity index (χ0) is 11.8. The zero-order valence-corrected chi connectivity index (χ0v) is 9.55. The number of fused-ring (bicyclic) bond motifs is 1. The molecule has 1 atom stereocenters. The predicted molar refractivity (Wildman–Crippen MR) is 63.0 cm³/mol. The van der Waals surface area contributed by atoms with Gasteiger partial charge in [0.05, 0.1) is 5.92 Å². The van der Waals surface area contributed by atoms with Crippen molar-refractivity contribution >= 4 is 17.5 Å². The van der Waals surface area contributed by atoms with Gasteiger partial charge in [-0.2, -0.15) is 9.97 Å². The summed E-state index contributed by atoms with van der Waals surface area (Å²) in [6, 6.07) is 7.78. The quantitative estimate of drug-likeness (QED) is 0.830. The van der Waals surface area contributed by atoms with Crippen LogP contribution in [-0.4, -0.2) is 21.6 Å². The van der Waals surface area contributed by atoms with Crippen LogP contribution in [0.4, 0.5) is 5.95 Å². The number of aromatic nitrogens is 3. The summed E-state index contributed by atoms with van der Waals surface area (Å²) in [6.45, 7) is 0.499. The lowest BCUT2D eigenvalue weighted by Gasteiger charge is -2.07. The monoisotopic (exact) mass is 248 g/mol. The van der Waals surface area contributed by atoms with E-state index in [0.29, 0.717) is 12.4 Å². The fourth-order valence-electron chi connectivity index (χ4n) is 1.91. The first-order chi connectivity index (χ1) is 8.24. The number of nitrogen functional groups attached to an aromatic ring is 1. The Morgan fingerprint density at radius 3 is 2.88 bits per heavy atom.